The Balaban J connectivity index is 1.46. The first-order chi connectivity index (χ1) is 14.7. The number of carbonyl (C=O) groups excluding carboxylic acids is 1. The molecule has 0 bridgehead atoms. The Morgan fingerprint density at radius 1 is 1.00 bits per heavy atom. The number of hydrogen-bond acceptors (Lipinski definition) is 4. The van der Waals surface area contributed by atoms with Crippen LogP contribution >= 0.6 is 0 Å². The number of methoxy groups -OCH3 is 1. The zero-order valence-electron chi connectivity index (χ0n) is 16.8. The van der Waals surface area contributed by atoms with Crippen molar-refractivity contribution in [3.8, 4) is 22.6 Å². The standard InChI is InChI=1S/C24H22N4O2/c1-17(21-15-26-28(16-21)22-5-3-4-6-23(22)30-2)27-24(29)20-9-7-18(8-10-20)19-11-13-25-14-12-19/h3-17H,1-2H3,(H,27,29). The van der Waals surface area contributed by atoms with Gasteiger partial charge in [0.05, 0.1) is 19.3 Å². The predicted octanol–water partition coefficient (Wildman–Crippen LogP) is 4.43. The fourth-order valence-corrected chi connectivity index (χ4v) is 3.23. The van der Waals surface area contributed by atoms with Crippen molar-refractivity contribution in [3.05, 3.63) is 96.6 Å². The Labute approximate surface area is 175 Å². The number of hydrogen-bond donors (Lipinski definition) is 1. The zero-order chi connectivity index (χ0) is 20.9. The number of carbonyl (C=O) groups is 1. The summed E-state index contributed by atoms with van der Waals surface area (Å²) in [6.45, 7) is 1.94. The summed E-state index contributed by atoms with van der Waals surface area (Å²) in [4.78, 5) is 16.7. The van der Waals surface area contributed by atoms with Crippen LogP contribution in [0.2, 0.25) is 0 Å². The Morgan fingerprint density at radius 3 is 2.43 bits per heavy atom. The van der Waals surface area contributed by atoms with Crippen LogP contribution in [0.4, 0.5) is 0 Å². The van der Waals surface area contributed by atoms with E-state index in [0.717, 1.165) is 28.1 Å². The molecular weight excluding hydrogens is 376 g/mol. The predicted molar refractivity (Wildman–Crippen MR) is 116 cm³/mol. The largest absolute Gasteiger partial charge is 0.494 e. The summed E-state index contributed by atoms with van der Waals surface area (Å²) in [7, 11) is 1.63. The molecule has 0 saturated heterocycles. The van der Waals surface area contributed by atoms with Crippen LogP contribution in [0.1, 0.15) is 28.9 Å². The molecule has 6 nitrogen and oxygen atoms in total. The van der Waals surface area contributed by atoms with Gasteiger partial charge in [0.2, 0.25) is 0 Å². The van der Waals surface area contributed by atoms with Crippen molar-refractivity contribution in [2.24, 2.45) is 0 Å². The topological polar surface area (TPSA) is 69.0 Å². The maximum absolute atomic E-state index is 12.7. The van der Waals surface area contributed by atoms with Crippen LogP contribution in [0.25, 0.3) is 16.8 Å². The molecule has 0 aliphatic carbocycles. The number of ether oxygens (including phenoxy) is 1. The zero-order valence-corrected chi connectivity index (χ0v) is 16.8. The van der Waals surface area contributed by atoms with Crippen LogP contribution in [0.3, 0.4) is 0 Å². The highest BCUT2D eigenvalue weighted by molar-refractivity contribution is 5.94. The second-order valence-corrected chi connectivity index (χ2v) is 6.90. The maximum atomic E-state index is 12.7. The molecule has 0 saturated carbocycles. The molecule has 1 amide bonds. The van der Waals surface area contributed by atoms with E-state index in [1.54, 1.807) is 30.4 Å². The normalized spacial score (nSPS) is 11.7. The molecule has 0 spiro atoms. The Bertz CT molecular complexity index is 1140. The van der Waals surface area contributed by atoms with Gasteiger partial charge in [-0.2, -0.15) is 5.10 Å². The molecule has 2 aromatic heterocycles. The average molecular weight is 398 g/mol. The molecule has 1 atom stereocenters. The quantitative estimate of drug-likeness (QED) is 0.522. The number of nitrogens with zero attached hydrogens (tertiary/aromatic N) is 3. The van der Waals surface area contributed by atoms with E-state index in [9.17, 15) is 4.79 Å². The molecular formula is C24H22N4O2. The molecule has 6 heteroatoms. The van der Waals surface area contributed by atoms with Gasteiger partial charge in [-0.3, -0.25) is 9.78 Å². The van der Waals surface area contributed by atoms with E-state index >= 15 is 0 Å². The number of nitrogens with one attached hydrogen (secondary N) is 1. The molecule has 150 valence electrons. The van der Waals surface area contributed by atoms with E-state index in [-0.39, 0.29) is 11.9 Å². The van der Waals surface area contributed by atoms with Gasteiger partial charge in [0.1, 0.15) is 11.4 Å². The highest BCUT2D eigenvalue weighted by Crippen LogP contribution is 2.23. The third-order valence-corrected chi connectivity index (χ3v) is 4.94. The summed E-state index contributed by atoms with van der Waals surface area (Å²) >= 11 is 0. The molecule has 2 aromatic carbocycles. The van der Waals surface area contributed by atoms with Crippen molar-refractivity contribution >= 4 is 5.91 Å². The molecule has 1 unspecified atom stereocenters. The lowest BCUT2D eigenvalue weighted by Gasteiger charge is -2.13. The molecule has 0 fully saturated rings. The van der Waals surface area contributed by atoms with E-state index in [2.05, 4.69) is 15.4 Å². The average Bonchev–Trinajstić information content (AvgIpc) is 3.30. The molecule has 2 heterocycles. The molecule has 0 aliphatic heterocycles. The number of amides is 1. The minimum atomic E-state index is -0.194. The first kappa shape index (κ1) is 19.4. The molecule has 4 aromatic rings. The van der Waals surface area contributed by atoms with Gasteiger partial charge in [-0.15, -0.1) is 0 Å². The number of benzene rings is 2. The first-order valence-electron chi connectivity index (χ1n) is 9.65. The number of aromatic nitrogens is 3. The first-order valence-corrected chi connectivity index (χ1v) is 9.65. The lowest BCUT2D eigenvalue weighted by molar-refractivity contribution is 0.0940. The fraction of sp³-hybridized carbons (Fsp3) is 0.125. The van der Waals surface area contributed by atoms with Crippen molar-refractivity contribution in [3.63, 3.8) is 0 Å². The van der Waals surface area contributed by atoms with Crippen molar-refractivity contribution in [1.82, 2.24) is 20.1 Å². The monoisotopic (exact) mass is 398 g/mol. The third-order valence-electron chi connectivity index (χ3n) is 4.94. The number of rotatable bonds is 6. The summed E-state index contributed by atoms with van der Waals surface area (Å²) in [5, 5.41) is 7.45. The van der Waals surface area contributed by atoms with Crippen LogP contribution in [-0.2, 0) is 0 Å². The van der Waals surface area contributed by atoms with E-state index in [0.29, 0.717) is 5.56 Å². The molecule has 0 radical (unpaired) electrons. The number of para-hydroxylation sites is 2. The van der Waals surface area contributed by atoms with E-state index in [4.69, 9.17) is 4.74 Å². The summed E-state index contributed by atoms with van der Waals surface area (Å²) in [5.41, 5.74) is 4.46. The minimum absolute atomic E-state index is 0.131. The van der Waals surface area contributed by atoms with Gasteiger partial charge < -0.3 is 10.1 Å². The summed E-state index contributed by atoms with van der Waals surface area (Å²) < 4.78 is 7.15. The Morgan fingerprint density at radius 2 is 1.70 bits per heavy atom. The van der Waals surface area contributed by atoms with Crippen LogP contribution < -0.4 is 10.1 Å². The van der Waals surface area contributed by atoms with Gasteiger partial charge in [-0.25, -0.2) is 4.68 Å². The fourth-order valence-electron chi connectivity index (χ4n) is 3.23. The van der Waals surface area contributed by atoms with E-state index < -0.39 is 0 Å². The highest BCUT2D eigenvalue weighted by Gasteiger charge is 2.15. The van der Waals surface area contributed by atoms with Crippen LogP contribution in [0.15, 0.2) is 85.5 Å². The number of pyridine rings is 1. The van der Waals surface area contributed by atoms with Gasteiger partial charge in [-0.1, -0.05) is 24.3 Å². The van der Waals surface area contributed by atoms with Crippen molar-refractivity contribution < 1.29 is 9.53 Å². The Kier molecular flexibility index (Phi) is 5.57. The lowest BCUT2D eigenvalue weighted by Crippen LogP contribution is -2.26. The SMILES string of the molecule is COc1ccccc1-n1cc(C(C)NC(=O)c2ccc(-c3ccncc3)cc2)cn1. The maximum Gasteiger partial charge on any atom is 0.251 e. The molecule has 0 aliphatic rings. The summed E-state index contributed by atoms with van der Waals surface area (Å²) in [6, 6.07) is 18.9. The van der Waals surface area contributed by atoms with Gasteiger partial charge in [-0.05, 0) is 54.4 Å². The molecule has 4 rings (SSSR count). The van der Waals surface area contributed by atoms with Crippen molar-refractivity contribution in [2.45, 2.75) is 13.0 Å². The summed E-state index contributed by atoms with van der Waals surface area (Å²) in [6.07, 6.45) is 7.16. The third kappa shape index (κ3) is 4.07. The second-order valence-electron chi connectivity index (χ2n) is 6.90. The van der Waals surface area contributed by atoms with E-state index in [1.165, 1.54) is 0 Å². The van der Waals surface area contributed by atoms with Crippen molar-refractivity contribution in [1.29, 1.82) is 0 Å². The van der Waals surface area contributed by atoms with Crippen LogP contribution in [0.5, 0.6) is 5.75 Å². The van der Waals surface area contributed by atoms with Gasteiger partial charge >= 0.3 is 0 Å². The van der Waals surface area contributed by atoms with Gasteiger partial charge in [0.15, 0.2) is 0 Å². The summed E-state index contributed by atoms with van der Waals surface area (Å²) in [5.74, 6) is 0.604. The van der Waals surface area contributed by atoms with Gasteiger partial charge in [0.25, 0.3) is 5.91 Å². The highest BCUT2D eigenvalue weighted by atomic mass is 16.5. The van der Waals surface area contributed by atoms with Crippen molar-refractivity contribution in [2.75, 3.05) is 7.11 Å². The Hall–Kier alpha value is -3.93. The minimum Gasteiger partial charge on any atom is -0.494 e. The van der Waals surface area contributed by atoms with Crippen LogP contribution in [-0.4, -0.2) is 27.8 Å². The smallest absolute Gasteiger partial charge is 0.251 e. The lowest BCUT2D eigenvalue weighted by atomic mass is 10.0. The molecule has 1 N–H and O–H groups in total. The second kappa shape index (κ2) is 8.61. The van der Waals surface area contributed by atoms with Gasteiger partial charge in [0, 0.05) is 29.7 Å². The van der Waals surface area contributed by atoms with E-state index in [1.807, 2.05) is 73.8 Å². The molecule has 30 heavy (non-hydrogen) atoms. The van der Waals surface area contributed by atoms with Crippen LogP contribution in [0, 0.1) is 0 Å².